The number of benzene rings is 2. The number of nitrogens with one attached hydrogen (secondary N) is 1. The highest BCUT2D eigenvalue weighted by Gasteiger charge is 2.38. The highest BCUT2D eigenvalue weighted by atomic mass is 127. The Morgan fingerprint density at radius 3 is 2.10 bits per heavy atom. The minimum atomic E-state index is -3.65. The van der Waals surface area contributed by atoms with Crippen LogP contribution in [0.1, 0.15) is 35.8 Å². The molecule has 0 spiro atoms. The van der Waals surface area contributed by atoms with E-state index in [1.165, 1.54) is 0 Å². The molecule has 0 aliphatic carbocycles. The van der Waals surface area contributed by atoms with Crippen LogP contribution in [-0.4, -0.2) is 29.4 Å². The molecule has 2 aromatic carbocycles. The van der Waals surface area contributed by atoms with Crippen LogP contribution in [0.3, 0.4) is 0 Å². The van der Waals surface area contributed by atoms with Crippen LogP contribution in [0.5, 0.6) is 0 Å². The van der Waals surface area contributed by atoms with E-state index in [1.807, 2.05) is 49.4 Å². The van der Waals surface area contributed by atoms with Crippen LogP contribution in [0.15, 0.2) is 59.5 Å². The lowest BCUT2D eigenvalue weighted by atomic mass is 10.1. The molecular weight excluding hydrogens is 513 g/mol. The summed E-state index contributed by atoms with van der Waals surface area (Å²) in [6.07, 6.45) is 0. The van der Waals surface area contributed by atoms with Gasteiger partial charge in [0.1, 0.15) is 0 Å². The number of halogens is 1. The Balaban J connectivity index is 2.30. The van der Waals surface area contributed by atoms with Gasteiger partial charge in [-0.1, -0.05) is 91.4 Å². The number of aryl methyl sites for hydroxylation is 1. The van der Waals surface area contributed by atoms with Crippen molar-refractivity contribution in [2.75, 3.05) is 6.61 Å². The second-order valence-corrected chi connectivity index (χ2v) is 16.8. The summed E-state index contributed by atoms with van der Waals surface area (Å²) in [4.78, 5) is 0.275. The summed E-state index contributed by atoms with van der Waals surface area (Å²) in [5.74, 6) is 0. The van der Waals surface area contributed by atoms with Gasteiger partial charge in [0, 0.05) is 0 Å². The van der Waals surface area contributed by atoms with E-state index >= 15 is 0 Å². The molecule has 2 aromatic rings. The molecular formula is C22H32INO3SSi. The Morgan fingerprint density at radius 1 is 1.03 bits per heavy atom. The van der Waals surface area contributed by atoms with Gasteiger partial charge in [0.25, 0.3) is 0 Å². The smallest absolute Gasteiger partial charge is 0.240 e. The van der Waals surface area contributed by atoms with E-state index in [0.717, 1.165) is 11.1 Å². The first-order chi connectivity index (χ1) is 13.3. The maximum atomic E-state index is 13.1. The molecule has 4 nitrogen and oxygen atoms in total. The lowest BCUT2D eigenvalue weighted by Crippen LogP contribution is -2.47. The lowest BCUT2D eigenvalue weighted by molar-refractivity contribution is 0.255. The largest absolute Gasteiger partial charge is 0.415 e. The molecule has 0 heterocycles. The number of sulfonamides is 1. The third-order valence-electron chi connectivity index (χ3n) is 5.54. The first-order valence-corrected chi connectivity index (χ1v) is 15.4. The molecule has 0 bridgehead atoms. The molecule has 0 aromatic heterocycles. The molecule has 160 valence electrons. The average molecular weight is 546 g/mol. The molecule has 2 rings (SSSR count). The van der Waals surface area contributed by atoms with Gasteiger partial charge in [0.2, 0.25) is 10.0 Å². The fourth-order valence-corrected chi connectivity index (χ4v) is 5.86. The number of hydrogen-bond acceptors (Lipinski definition) is 3. The molecule has 7 heteroatoms. The van der Waals surface area contributed by atoms with E-state index in [4.69, 9.17) is 4.43 Å². The van der Waals surface area contributed by atoms with Crippen molar-refractivity contribution < 1.29 is 12.8 Å². The van der Waals surface area contributed by atoms with E-state index in [9.17, 15) is 8.42 Å². The van der Waals surface area contributed by atoms with Gasteiger partial charge in [-0.3, -0.25) is 0 Å². The monoisotopic (exact) mass is 545 g/mol. The van der Waals surface area contributed by atoms with Crippen molar-refractivity contribution >= 4 is 40.9 Å². The first kappa shape index (κ1) is 24.5. The van der Waals surface area contributed by atoms with Gasteiger partial charge >= 0.3 is 0 Å². The van der Waals surface area contributed by atoms with Crippen LogP contribution in [0.2, 0.25) is 18.1 Å². The zero-order valence-corrected chi connectivity index (χ0v) is 22.0. The molecule has 0 fully saturated rings. The molecule has 0 aliphatic heterocycles. The fourth-order valence-electron chi connectivity index (χ4n) is 2.55. The maximum Gasteiger partial charge on any atom is 0.240 e. The molecule has 0 amide bonds. The van der Waals surface area contributed by atoms with E-state index < -0.39 is 18.3 Å². The third-order valence-corrected chi connectivity index (χ3v) is 13.1. The Hall–Kier alpha value is -0.743. The first-order valence-electron chi connectivity index (χ1n) is 9.75. The zero-order chi connectivity index (χ0) is 21.9. The molecule has 2 atom stereocenters. The zero-order valence-electron chi connectivity index (χ0n) is 18.1. The SMILES string of the molecule is Cc1ccc(S(=O)(=O)N[C@H](CO[Si](C)(C)C(C)(C)C)[C@H](I)c2ccccc2)cc1. The van der Waals surface area contributed by atoms with Gasteiger partial charge < -0.3 is 4.43 Å². The Bertz CT molecular complexity index is 894. The summed E-state index contributed by atoms with van der Waals surface area (Å²) in [6.45, 7) is 13.2. The van der Waals surface area contributed by atoms with Gasteiger partial charge in [-0.15, -0.1) is 0 Å². The van der Waals surface area contributed by atoms with Crippen molar-refractivity contribution in [3.63, 3.8) is 0 Å². The Labute approximate surface area is 190 Å². The summed E-state index contributed by atoms with van der Waals surface area (Å²) in [5.41, 5.74) is 2.10. The van der Waals surface area contributed by atoms with Crippen molar-refractivity contribution in [2.45, 2.75) is 60.7 Å². The Kier molecular flexibility index (Phi) is 8.11. The second-order valence-electron chi connectivity index (χ2n) is 8.92. The Morgan fingerprint density at radius 2 is 1.59 bits per heavy atom. The van der Waals surface area contributed by atoms with Crippen LogP contribution in [-0.2, 0) is 14.4 Å². The molecule has 0 aliphatic rings. The predicted molar refractivity (Wildman–Crippen MR) is 132 cm³/mol. The number of alkyl halides is 1. The molecule has 0 unspecified atom stereocenters. The lowest BCUT2D eigenvalue weighted by Gasteiger charge is -2.38. The van der Waals surface area contributed by atoms with E-state index in [2.05, 4.69) is 61.2 Å². The normalized spacial score (nSPS) is 15.1. The minimum absolute atomic E-state index is 0.0564. The predicted octanol–water partition coefficient (Wildman–Crippen LogP) is 5.84. The molecule has 1 N–H and O–H groups in total. The van der Waals surface area contributed by atoms with Crippen LogP contribution in [0, 0.1) is 6.92 Å². The van der Waals surface area contributed by atoms with Gasteiger partial charge in [-0.2, -0.15) is 0 Å². The molecule has 0 radical (unpaired) electrons. The standard InChI is InChI=1S/C22H32INO3SSi/c1-17-12-14-19(15-13-17)28(25,26)24-20(16-27-29(5,6)22(2,3)4)21(23)18-10-8-7-9-11-18/h7-15,20-21,24H,16H2,1-6H3/t20-,21-/m1/s1. The average Bonchev–Trinajstić information content (AvgIpc) is 2.64. The summed E-state index contributed by atoms with van der Waals surface area (Å²) in [5, 5.41) is 0.0564. The molecule has 0 saturated heterocycles. The van der Waals surface area contributed by atoms with Crippen molar-refractivity contribution in [3.8, 4) is 0 Å². The summed E-state index contributed by atoms with van der Waals surface area (Å²) in [7, 11) is -5.67. The highest BCUT2D eigenvalue weighted by molar-refractivity contribution is 14.1. The van der Waals surface area contributed by atoms with Crippen molar-refractivity contribution in [1.82, 2.24) is 4.72 Å². The quantitative estimate of drug-likeness (QED) is 0.258. The van der Waals surface area contributed by atoms with Gasteiger partial charge in [0.15, 0.2) is 8.32 Å². The fraction of sp³-hybridized carbons (Fsp3) is 0.455. The summed E-state index contributed by atoms with van der Waals surface area (Å²) in [6, 6.07) is 16.5. The maximum absolute atomic E-state index is 13.1. The second kappa shape index (κ2) is 9.59. The molecule has 0 saturated carbocycles. The van der Waals surface area contributed by atoms with Crippen LogP contribution in [0.4, 0.5) is 0 Å². The van der Waals surface area contributed by atoms with Crippen LogP contribution >= 0.6 is 22.6 Å². The van der Waals surface area contributed by atoms with Crippen molar-refractivity contribution in [3.05, 3.63) is 65.7 Å². The summed E-state index contributed by atoms with van der Waals surface area (Å²) < 4.78 is 35.4. The van der Waals surface area contributed by atoms with Crippen LogP contribution < -0.4 is 4.72 Å². The number of hydrogen-bond donors (Lipinski definition) is 1. The van der Waals surface area contributed by atoms with E-state index in [-0.39, 0.29) is 19.9 Å². The third kappa shape index (κ3) is 6.62. The number of rotatable bonds is 8. The van der Waals surface area contributed by atoms with Crippen molar-refractivity contribution in [1.29, 1.82) is 0 Å². The van der Waals surface area contributed by atoms with E-state index in [1.54, 1.807) is 12.1 Å². The van der Waals surface area contributed by atoms with Gasteiger partial charge in [-0.05, 0) is 42.8 Å². The topological polar surface area (TPSA) is 55.4 Å². The van der Waals surface area contributed by atoms with Gasteiger partial charge in [-0.25, -0.2) is 13.1 Å². The van der Waals surface area contributed by atoms with Crippen molar-refractivity contribution in [2.24, 2.45) is 0 Å². The summed E-state index contributed by atoms with van der Waals surface area (Å²) >= 11 is 2.32. The van der Waals surface area contributed by atoms with E-state index in [0.29, 0.717) is 6.61 Å². The minimum Gasteiger partial charge on any atom is -0.415 e. The van der Waals surface area contributed by atoms with Crippen LogP contribution in [0.25, 0.3) is 0 Å². The highest BCUT2D eigenvalue weighted by Crippen LogP contribution is 2.37. The van der Waals surface area contributed by atoms with Gasteiger partial charge in [0.05, 0.1) is 21.5 Å². The molecule has 29 heavy (non-hydrogen) atoms.